The van der Waals surface area contributed by atoms with Crippen LogP contribution in [0.25, 0.3) is 0 Å². The molecule has 18 heavy (non-hydrogen) atoms. The normalized spacial score (nSPS) is 28.4. The van der Waals surface area contributed by atoms with Crippen molar-refractivity contribution in [2.45, 2.75) is 45.1 Å². The number of hydrogen-bond donors (Lipinski definition) is 1. The zero-order valence-electron chi connectivity index (χ0n) is 11.6. The highest BCUT2D eigenvalue weighted by Gasteiger charge is 2.44. The molecule has 3 atom stereocenters. The van der Waals surface area contributed by atoms with Gasteiger partial charge in [-0.2, -0.15) is 0 Å². The van der Waals surface area contributed by atoms with Crippen molar-refractivity contribution >= 4 is 0 Å². The maximum atomic E-state index is 3.73. The van der Waals surface area contributed by atoms with Crippen molar-refractivity contribution < 1.29 is 0 Å². The summed E-state index contributed by atoms with van der Waals surface area (Å²) >= 11 is 0. The van der Waals surface area contributed by atoms with Gasteiger partial charge in [-0.15, -0.1) is 0 Å². The topological polar surface area (TPSA) is 12.0 Å². The van der Waals surface area contributed by atoms with E-state index in [4.69, 9.17) is 0 Å². The SMILES string of the molecule is CC(C)C(CNC1CC1)C1CC1c1ccccc1. The van der Waals surface area contributed by atoms with Crippen molar-refractivity contribution in [3.8, 4) is 0 Å². The van der Waals surface area contributed by atoms with E-state index in [1.165, 1.54) is 25.8 Å². The molecule has 0 saturated heterocycles. The van der Waals surface area contributed by atoms with Crippen molar-refractivity contribution in [2.75, 3.05) is 6.54 Å². The minimum atomic E-state index is 0.801. The molecule has 1 heteroatoms. The lowest BCUT2D eigenvalue weighted by molar-refractivity contribution is 0.317. The van der Waals surface area contributed by atoms with Crippen LogP contribution in [-0.2, 0) is 0 Å². The molecule has 3 rings (SSSR count). The Morgan fingerprint density at radius 3 is 2.50 bits per heavy atom. The van der Waals surface area contributed by atoms with Gasteiger partial charge in [0.25, 0.3) is 0 Å². The van der Waals surface area contributed by atoms with Crippen LogP contribution < -0.4 is 5.32 Å². The number of hydrogen-bond acceptors (Lipinski definition) is 1. The van der Waals surface area contributed by atoms with Gasteiger partial charge in [-0.25, -0.2) is 0 Å². The number of rotatable bonds is 6. The van der Waals surface area contributed by atoms with E-state index in [9.17, 15) is 0 Å². The summed E-state index contributed by atoms with van der Waals surface area (Å²) in [6, 6.07) is 11.9. The first-order valence-corrected chi connectivity index (χ1v) is 7.54. The molecule has 98 valence electrons. The molecule has 3 unspecified atom stereocenters. The van der Waals surface area contributed by atoms with Gasteiger partial charge < -0.3 is 5.32 Å². The van der Waals surface area contributed by atoms with E-state index in [1.54, 1.807) is 5.56 Å². The van der Waals surface area contributed by atoms with Crippen LogP contribution in [0.2, 0.25) is 0 Å². The summed E-state index contributed by atoms with van der Waals surface area (Å²) in [5.74, 6) is 3.41. The second-order valence-electron chi connectivity index (χ2n) is 6.51. The third-order valence-electron chi connectivity index (χ3n) is 4.69. The number of nitrogens with one attached hydrogen (secondary N) is 1. The summed E-state index contributed by atoms with van der Waals surface area (Å²) in [4.78, 5) is 0. The Balaban J connectivity index is 1.59. The maximum absolute atomic E-state index is 3.73. The van der Waals surface area contributed by atoms with E-state index < -0.39 is 0 Å². The van der Waals surface area contributed by atoms with Crippen LogP contribution in [0, 0.1) is 17.8 Å². The fourth-order valence-electron chi connectivity index (χ4n) is 3.24. The van der Waals surface area contributed by atoms with E-state index in [1.807, 2.05) is 0 Å². The Labute approximate surface area is 111 Å². The Kier molecular flexibility index (Phi) is 3.43. The van der Waals surface area contributed by atoms with E-state index in [0.29, 0.717) is 0 Å². The van der Waals surface area contributed by atoms with Crippen LogP contribution in [0.1, 0.15) is 44.6 Å². The lowest BCUT2D eigenvalue weighted by atomic mass is 9.88. The third-order valence-corrected chi connectivity index (χ3v) is 4.69. The molecule has 1 N–H and O–H groups in total. The lowest BCUT2D eigenvalue weighted by Gasteiger charge is -2.22. The van der Waals surface area contributed by atoms with Gasteiger partial charge in [0.2, 0.25) is 0 Å². The van der Waals surface area contributed by atoms with E-state index in [-0.39, 0.29) is 0 Å². The van der Waals surface area contributed by atoms with Crippen LogP contribution in [0.4, 0.5) is 0 Å². The van der Waals surface area contributed by atoms with Gasteiger partial charge in [0.1, 0.15) is 0 Å². The second kappa shape index (κ2) is 5.05. The van der Waals surface area contributed by atoms with Gasteiger partial charge in [0.15, 0.2) is 0 Å². The Bertz CT molecular complexity index is 380. The van der Waals surface area contributed by atoms with E-state index >= 15 is 0 Å². The molecule has 0 aromatic heterocycles. The van der Waals surface area contributed by atoms with Crippen LogP contribution >= 0.6 is 0 Å². The predicted octanol–water partition coefficient (Wildman–Crippen LogP) is 3.81. The molecular formula is C17H25N. The fourth-order valence-corrected chi connectivity index (χ4v) is 3.24. The molecule has 1 aromatic carbocycles. The van der Waals surface area contributed by atoms with Crippen LogP contribution in [0.15, 0.2) is 30.3 Å². The van der Waals surface area contributed by atoms with Gasteiger partial charge >= 0.3 is 0 Å². The first-order chi connectivity index (χ1) is 8.75. The number of benzene rings is 1. The quantitative estimate of drug-likeness (QED) is 0.801. The predicted molar refractivity (Wildman–Crippen MR) is 76.6 cm³/mol. The molecule has 2 aliphatic carbocycles. The summed E-state index contributed by atoms with van der Waals surface area (Å²) in [7, 11) is 0. The third kappa shape index (κ3) is 2.77. The van der Waals surface area contributed by atoms with Crippen LogP contribution in [0.3, 0.4) is 0 Å². The van der Waals surface area contributed by atoms with Gasteiger partial charge in [0, 0.05) is 6.04 Å². The molecule has 1 nitrogen and oxygen atoms in total. The molecule has 2 aliphatic rings. The summed E-state index contributed by atoms with van der Waals surface area (Å²) in [5.41, 5.74) is 1.56. The Morgan fingerprint density at radius 2 is 1.89 bits per heavy atom. The van der Waals surface area contributed by atoms with Crippen LogP contribution in [-0.4, -0.2) is 12.6 Å². The standard InChI is InChI=1S/C17H25N/c1-12(2)17(11-18-14-8-9-14)16-10-15(16)13-6-4-3-5-7-13/h3-7,12,14-18H,8-11H2,1-2H3. The molecular weight excluding hydrogens is 218 g/mol. The monoisotopic (exact) mass is 243 g/mol. The molecule has 0 radical (unpaired) electrons. The Morgan fingerprint density at radius 1 is 1.17 bits per heavy atom. The van der Waals surface area contributed by atoms with Crippen molar-refractivity contribution in [2.24, 2.45) is 17.8 Å². The smallest absolute Gasteiger partial charge is 0.00683 e. The largest absolute Gasteiger partial charge is 0.314 e. The lowest BCUT2D eigenvalue weighted by Crippen LogP contribution is -2.29. The van der Waals surface area contributed by atoms with E-state index in [0.717, 1.165) is 29.7 Å². The van der Waals surface area contributed by atoms with Crippen molar-refractivity contribution in [3.05, 3.63) is 35.9 Å². The van der Waals surface area contributed by atoms with Gasteiger partial charge in [-0.3, -0.25) is 0 Å². The second-order valence-corrected chi connectivity index (χ2v) is 6.51. The summed E-state index contributed by atoms with van der Waals surface area (Å²) in [5, 5.41) is 3.73. The molecule has 1 aromatic rings. The molecule has 2 saturated carbocycles. The zero-order valence-corrected chi connectivity index (χ0v) is 11.6. The summed E-state index contributed by atoms with van der Waals surface area (Å²) in [6.45, 7) is 6.01. The molecule has 0 amide bonds. The van der Waals surface area contributed by atoms with Crippen molar-refractivity contribution in [1.29, 1.82) is 0 Å². The molecule has 0 bridgehead atoms. The molecule has 0 heterocycles. The minimum Gasteiger partial charge on any atom is -0.314 e. The fraction of sp³-hybridized carbons (Fsp3) is 0.647. The molecule has 0 aliphatic heterocycles. The average molecular weight is 243 g/mol. The highest BCUT2D eigenvalue weighted by molar-refractivity contribution is 5.26. The first-order valence-electron chi connectivity index (χ1n) is 7.54. The highest BCUT2D eigenvalue weighted by atomic mass is 14.9. The van der Waals surface area contributed by atoms with Gasteiger partial charge in [-0.1, -0.05) is 44.2 Å². The average Bonchev–Trinajstić information content (AvgIpc) is 3.25. The van der Waals surface area contributed by atoms with Gasteiger partial charge in [-0.05, 0) is 55.0 Å². The first kappa shape index (κ1) is 12.2. The summed E-state index contributed by atoms with van der Waals surface area (Å²) < 4.78 is 0. The Hall–Kier alpha value is -0.820. The van der Waals surface area contributed by atoms with E-state index in [2.05, 4.69) is 49.5 Å². The van der Waals surface area contributed by atoms with Crippen LogP contribution in [0.5, 0.6) is 0 Å². The highest BCUT2D eigenvalue weighted by Crippen LogP contribution is 2.53. The van der Waals surface area contributed by atoms with Crippen molar-refractivity contribution in [1.82, 2.24) is 5.32 Å². The minimum absolute atomic E-state index is 0.801. The molecule has 2 fully saturated rings. The van der Waals surface area contributed by atoms with Gasteiger partial charge in [0.05, 0.1) is 0 Å². The zero-order chi connectivity index (χ0) is 12.5. The summed E-state index contributed by atoms with van der Waals surface area (Å²) in [6.07, 6.45) is 4.20. The molecule has 0 spiro atoms. The van der Waals surface area contributed by atoms with Crippen molar-refractivity contribution in [3.63, 3.8) is 0 Å². The maximum Gasteiger partial charge on any atom is 0.00683 e.